The number of hydrogen-bond donors (Lipinski definition) is 1. The van der Waals surface area contributed by atoms with E-state index in [-0.39, 0.29) is 41.7 Å². The minimum absolute atomic E-state index is 0.0156. The third kappa shape index (κ3) is 16.2. The molecular formula is C45H66O8Si. The Balaban J connectivity index is 1.72. The predicted molar refractivity (Wildman–Crippen MR) is 220 cm³/mol. The number of carboxylic acid groups (broad SMARTS) is 1. The third-order valence-electron chi connectivity index (χ3n) is 10.4. The number of rotatable bonds is 20. The van der Waals surface area contributed by atoms with E-state index in [1.165, 1.54) is 5.57 Å². The van der Waals surface area contributed by atoms with E-state index in [1.54, 1.807) is 14.2 Å². The second-order valence-corrected chi connectivity index (χ2v) is 21.0. The third-order valence-corrected chi connectivity index (χ3v) is 14.9. The Kier molecular flexibility index (Phi) is 18.7. The van der Waals surface area contributed by atoms with Crippen molar-refractivity contribution in [2.75, 3.05) is 20.8 Å². The molecule has 2 heterocycles. The van der Waals surface area contributed by atoms with Gasteiger partial charge in [-0.1, -0.05) is 106 Å². The van der Waals surface area contributed by atoms with Gasteiger partial charge in [0.1, 0.15) is 11.9 Å². The van der Waals surface area contributed by atoms with E-state index >= 15 is 0 Å². The van der Waals surface area contributed by atoms with Crippen molar-refractivity contribution in [3.8, 4) is 17.6 Å². The van der Waals surface area contributed by atoms with Gasteiger partial charge in [-0.2, -0.15) is 0 Å². The minimum atomic E-state index is -2.11. The molecule has 7 atom stereocenters. The Labute approximate surface area is 326 Å². The van der Waals surface area contributed by atoms with Gasteiger partial charge in [0.15, 0.2) is 8.32 Å². The van der Waals surface area contributed by atoms with E-state index in [4.69, 9.17) is 33.2 Å². The maximum Gasteiger partial charge on any atom is 0.381 e. The van der Waals surface area contributed by atoms with E-state index < -0.39 is 14.3 Å². The number of hydrogen-bond acceptors (Lipinski definition) is 7. The summed E-state index contributed by atoms with van der Waals surface area (Å²) in [6.07, 6.45) is 19.2. The number of ether oxygens (including phenoxy) is 5. The molecule has 0 amide bonds. The van der Waals surface area contributed by atoms with Crippen LogP contribution < -0.4 is 4.74 Å². The fourth-order valence-electron chi connectivity index (χ4n) is 6.39. The number of aliphatic carboxylic acids is 1. The van der Waals surface area contributed by atoms with E-state index in [9.17, 15) is 4.79 Å². The van der Waals surface area contributed by atoms with Gasteiger partial charge in [0.2, 0.25) is 0 Å². The summed E-state index contributed by atoms with van der Waals surface area (Å²) in [5.74, 6) is 4.93. The Morgan fingerprint density at radius 1 is 1.15 bits per heavy atom. The molecule has 8 nitrogen and oxygen atoms in total. The zero-order chi connectivity index (χ0) is 39.7. The lowest BCUT2D eigenvalue weighted by atomic mass is 9.91. The fraction of sp³-hybridized carbons (Fsp3) is 0.578. The van der Waals surface area contributed by atoms with E-state index in [0.717, 1.165) is 49.0 Å². The van der Waals surface area contributed by atoms with E-state index in [0.29, 0.717) is 32.0 Å². The van der Waals surface area contributed by atoms with Gasteiger partial charge >= 0.3 is 5.97 Å². The zero-order valence-corrected chi connectivity index (χ0v) is 35.3. The molecule has 1 N–H and O–H groups in total. The molecule has 0 spiro atoms. The molecule has 2 aliphatic rings. The van der Waals surface area contributed by atoms with E-state index in [1.807, 2.05) is 30.3 Å². The highest BCUT2D eigenvalue weighted by Crippen LogP contribution is 2.38. The Morgan fingerprint density at radius 3 is 2.54 bits per heavy atom. The molecule has 0 aromatic heterocycles. The highest BCUT2D eigenvalue weighted by Gasteiger charge is 2.39. The van der Waals surface area contributed by atoms with Crippen LogP contribution in [0.5, 0.6) is 5.75 Å². The molecule has 0 radical (unpaired) electrons. The van der Waals surface area contributed by atoms with Crippen LogP contribution in [-0.4, -0.2) is 76.8 Å². The maximum absolute atomic E-state index is 10.8. The Hall–Kier alpha value is -3.23. The lowest BCUT2D eigenvalue weighted by Gasteiger charge is -2.39. The average Bonchev–Trinajstić information content (AvgIpc) is 3.10. The highest BCUT2D eigenvalue weighted by atomic mass is 28.4. The first-order valence-corrected chi connectivity index (χ1v) is 22.3. The summed E-state index contributed by atoms with van der Waals surface area (Å²) >= 11 is 0. The summed E-state index contributed by atoms with van der Waals surface area (Å²) in [6.45, 7) is 21.3. The van der Waals surface area contributed by atoms with Crippen molar-refractivity contribution in [1.82, 2.24) is 0 Å². The summed E-state index contributed by atoms with van der Waals surface area (Å²) in [4.78, 5) is 10.8. The van der Waals surface area contributed by atoms with Crippen LogP contribution in [0.3, 0.4) is 0 Å². The molecular weight excluding hydrogens is 697 g/mol. The summed E-state index contributed by atoms with van der Waals surface area (Å²) in [6, 6.07) is 7.95. The minimum Gasteiger partial charge on any atom is -0.497 e. The topological polar surface area (TPSA) is 92.7 Å². The van der Waals surface area contributed by atoms with Gasteiger partial charge in [-0.05, 0) is 87.2 Å². The van der Waals surface area contributed by atoms with Crippen LogP contribution in [0, 0.1) is 17.8 Å². The van der Waals surface area contributed by atoms with Crippen LogP contribution in [0.4, 0.5) is 0 Å². The molecule has 0 fully saturated rings. The van der Waals surface area contributed by atoms with Crippen molar-refractivity contribution in [1.29, 1.82) is 0 Å². The first kappa shape index (κ1) is 45.2. The lowest BCUT2D eigenvalue weighted by Crippen LogP contribution is -2.43. The zero-order valence-electron chi connectivity index (χ0n) is 34.3. The van der Waals surface area contributed by atoms with Crippen LogP contribution in [0.25, 0.3) is 0 Å². The van der Waals surface area contributed by atoms with Crippen molar-refractivity contribution in [2.45, 2.75) is 141 Å². The first-order chi connectivity index (χ1) is 25.6. The molecule has 298 valence electrons. The molecule has 0 saturated carbocycles. The standard InChI is InChI=1S/C45H66O8Si/c1-33-26-27-50-39(29-33)24-25-42(49-8)43(51-32-36-20-22-37(48-7)23-21-36)18-12-17-41(53-54(9,10)45(4,5)6)31-35(3)28-34(2)30-40-16-11-14-38(52-40)15-13-19-44(46)47/h11-12,14,17,20-26,34,38-43H,3,15-16,18,27-32H2,1-2,4-10H3,(H,46,47)/b17-12+,25-24+. The molecule has 2 aliphatic heterocycles. The summed E-state index contributed by atoms with van der Waals surface area (Å²) in [7, 11) is 1.28. The number of benzene rings is 1. The van der Waals surface area contributed by atoms with Gasteiger partial charge in [0.25, 0.3) is 0 Å². The van der Waals surface area contributed by atoms with Gasteiger partial charge in [-0.15, -0.1) is 0 Å². The average molecular weight is 763 g/mol. The molecule has 1 aromatic carbocycles. The fourth-order valence-corrected chi connectivity index (χ4v) is 7.67. The summed E-state index contributed by atoms with van der Waals surface area (Å²) < 4.78 is 37.2. The highest BCUT2D eigenvalue weighted by molar-refractivity contribution is 6.74. The van der Waals surface area contributed by atoms with Crippen LogP contribution in [-0.2, 0) is 34.8 Å². The molecule has 9 heteroatoms. The predicted octanol–water partition coefficient (Wildman–Crippen LogP) is 9.78. The number of methoxy groups -OCH3 is 2. The maximum atomic E-state index is 10.8. The van der Waals surface area contributed by atoms with Crippen molar-refractivity contribution in [3.63, 3.8) is 0 Å². The molecule has 3 rings (SSSR count). The normalized spacial score (nSPS) is 21.6. The molecule has 0 aliphatic carbocycles. The largest absolute Gasteiger partial charge is 0.497 e. The monoisotopic (exact) mass is 762 g/mol. The van der Waals surface area contributed by atoms with Gasteiger partial charge in [0.05, 0.1) is 50.8 Å². The quantitative estimate of drug-likeness (QED) is 0.0798. The second kappa shape index (κ2) is 22.4. The van der Waals surface area contributed by atoms with Gasteiger partial charge in [-0.3, -0.25) is 0 Å². The van der Waals surface area contributed by atoms with E-state index in [2.05, 4.69) is 103 Å². The first-order valence-electron chi connectivity index (χ1n) is 19.4. The van der Waals surface area contributed by atoms with Crippen LogP contribution in [0.2, 0.25) is 18.1 Å². The van der Waals surface area contributed by atoms with Crippen molar-refractivity contribution < 1.29 is 38.0 Å². The number of carbonyl (C=O) groups is 1. The Bertz CT molecular complexity index is 1510. The van der Waals surface area contributed by atoms with Crippen LogP contribution in [0.1, 0.15) is 85.1 Å². The summed E-state index contributed by atoms with van der Waals surface area (Å²) in [5.41, 5.74) is 3.53. The van der Waals surface area contributed by atoms with Crippen molar-refractivity contribution in [3.05, 3.63) is 90.1 Å². The molecule has 54 heavy (non-hydrogen) atoms. The lowest BCUT2D eigenvalue weighted by molar-refractivity contribution is -0.130. The van der Waals surface area contributed by atoms with Gasteiger partial charge in [-0.25, -0.2) is 4.79 Å². The molecule has 0 bridgehead atoms. The Morgan fingerprint density at radius 2 is 1.89 bits per heavy atom. The second-order valence-electron chi connectivity index (χ2n) is 16.3. The van der Waals surface area contributed by atoms with Crippen LogP contribution >= 0.6 is 0 Å². The molecule has 0 saturated heterocycles. The summed E-state index contributed by atoms with van der Waals surface area (Å²) in [5, 5.41) is 8.89. The van der Waals surface area contributed by atoms with Crippen molar-refractivity contribution >= 4 is 14.3 Å². The number of carboxylic acids is 1. The van der Waals surface area contributed by atoms with Gasteiger partial charge < -0.3 is 33.2 Å². The van der Waals surface area contributed by atoms with Gasteiger partial charge in [0, 0.05) is 19.5 Å². The smallest absolute Gasteiger partial charge is 0.381 e. The van der Waals surface area contributed by atoms with Crippen molar-refractivity contribution in [2.24, 2.45) is 5.92 Å². The molecule has 7 unspecified atom stereocenters. The SMILES string of the molecule is C=C(CC(C)CC1CC=CC(CC#CC(=O)O)O1)CC(/C=C/CC(OCc1ccc(OC)cc1)C(/C=C/C1CC(C)=CCO1)OC)O[Si](C)(C)C(C)(C)C. The molecule has 1 aromatic rings. The van der Waals surface area contributed by atoms with Crippen LogP contribution in [0.15, 0.2) is 84.5 Å².